The van der Waals surface area contributed by atoms with Crippen LogP contribution in [0.3, 0.4) is 0 Å². The number of oxime groups is 1. The van der Waals surface area contributed by atoms with Crippen LogP contribution in [-0.2, 0) is 0 Å². The molecule has 0 spiro atoms. The number of nitrogens with two attached hydrogens (primary N) is 1. The zero-order valence-corrected chi connectivity index (χ0v) is 9.70. The van der Waals surface area contributed by atoms with Crippen molar-refractivity contribution in [2.24, 2.45) is 16.8 Å². The van der Waals surface area contributed by atoms with Crippen molar-refractivity contribution in [2.75, 3.05) is 13.6 Å². The quantitative estimate of drug-likeness (QED) is 0.296. The lowest BCUT2D eigenvalue weighted by molar-refractivity contribution is 0.245. The van der Waals surface area contributed by atoms with Crippen LogP contribution in [0.5, 0.6) is 0 Å². The van der Waals surface area contributed by atoms with E-state index in [4.69, 9.17) is 10.9 Å². The smallest absolute Gasteiger partial charge is 0.140 e. The van der Waals surface area contributed by atoms with Crippen LogP contribution in [0.15, 0.2) is 5.16 Å². The van der Waals surface area contributed by atoms with Crippen LogP contribution in [0.1, 0.15) is 33.6 Å². The van der Waals surface area contributed by atoms with E-state index in [2.05, 4.69) is 37.9 Å². The monoisotopic (exact) mass is 201 g/mol. The number of amidine groups is 1. The van der Waals surface area contributed by atoms with Gasteiger partial charge in [-0.3, -0.25) is 0 Å². The zero-order valence-electron chi connectivity index (χ0n) is 9.70. The summed E-state index contributed by atoms with van der Waals surface area (Å²) in [4.78, 5) is 2.23. The fourth-order valence-corrected chi connectivity index (χ4v) is 1.18. The molecule has 14 heavy (non-hydrogen) atoms. The number of rotatable bonds is 6. The Labute approximate surface area is 86.8 Å². The maximum Gasteiger partial charge on any atom is 0.140 e. The molecule has 0 rings (SSSR count). The van der Waals surface area contributed by atoms with E-state index in [9.17, 15) is 0 Å². The number of nitrogens with zero attached hydrogens (tertiary/aromatic N) is 2. The third-order valence-corrected chi connectivity index (χ3v) is 2.44. The van der Waals surface area contributed by atoms with Crippen molar-refractivity contribution in [1.29, 1.82) is 0 Å². The Hall–Kier alpha value is -0.770. The van der Waals surface area contributed by atoms with Gasteiger partial charge in [0.25, 0.3) is 0 Å². The van der Waals surface area contributed by atoms with Crippen molar-refractivity contribution in [1.82, 2.24) is 4.90 Å². The Bertz CT molecular complexity index is 180. The number of hydrogen-bond acceptors (Lipinski definition) is 3. The summed E-state index contributed by atoms with van der Waals surface area (Å²) in [6.07, 6.45) is 1.79. The summed E-state index contributed by atoms with van der Waals surface area (Å²) in [7, 11) is 2.07. The highest BCUT2D eigenvalue weighted by molar-refractivity contribution is 5.80. The van der Waals surface area contributed by atoms with Gasteiger partial charge in [0.15, 0.2) is 0 Å². The van der Waals surface area contributed by atoms with Gasteiger partial charge in [0.05, 0.1) is 0 Å². The summed E-state index contributed by atoms with van der Waals surface area (Å²) in [5.41, 5.74) is 5.44. The van der Waals surface area contributed by atoms with Crippen LogP contribution < -0.4 is 5.73 Å². The van der Waals surface area contributed by atoms with Gasteiger partial charge in [-0.2, -0.15) is 0 Å². The third kappa shape index (κ3) is 5.80. The molecule has 0 saturated heterocycles. The molecule has 0 aromatic rings. The molecule has 0 aromatic carbocycles. The van der Waals surface area contributed by atoms with Crippen molar-refractivity contribution >= 4 is 5.84 Å². The zero-order chi connectivity index (χ0) is 11.1. The van der Waals surface area contributed by atoms with Crippen molar-refractivity contribution in [3.05, 3.63) is 0 Å². The van der Waals surface area contributed by atoms with Crippen LogP contribution in [0.25, 0.3) is 0 Å². The topological polar surface area (TPSA) is 61.8 Å². The van der Waals surface area contributed by atoms with E-state index in [1.807, 2.05) is 0 Å². The molecule has 0 aromatic heterocycles. The van der Waals surface area contributed by atoms with Crippen LogP contribution in [0.4, 0.5) is 0 Å². The molecule has 0 amide bonds. The van der Waals surface area contributed by atoms with E-state index in [1.165, 1.54) is 6.42 Å². The molecule has 4 heteroatoms. The second-order valence-corrected chi connectivity index (χ2v) is 4.31. The van der Waals surface area contributed by atoms with E-state index in [1.54, 1.807) is 0 Å². The lowest BCUT2D eigenvalue weighted by Gasteiger charge is -2.24. The van der Waals surface area contributed by atoms with Gasteiger partial charge in [-0.05, 0) is 32.9 Å². The van der Waals surface area contributed by atoms with Gasteiger partial charge in [0.2, 0.25) is 0 Å². The van der Waals surface area contributed by atoms with E-state index in [-0.39, 0.29) is 0 Å². The first-order valence-corrected chi connectivity index (χ1v) is 5.14. The van der Waals surface area contributed by atoms with Crippen molar-refractivity contribution in [2.45, 2.75) is 39.7 Å². The molecule has 0 bridgehead atoms. The highest BCUT2D eigenvalue weighted by atomic mass is 16.4. The maximum absolute atomic E-state index is 8.43. The fraction of sp³-hybridized carbons (Fsp3) is 0.900. The largest absolute Gasteiger partial charge is 0.409 e. The van der Waals surface area contributed by atoms with Crippen LogP contribution >= 0.6 is 0 Å². The Morgan fingerprint density at radius 1 is 1.43 bits per heavy atom. The molecule has 0 aliphatic rings. The summed E-state index contributed by atoms with van der Waals surface area (Å²) in [6, 6.07) is 0.324. The molecule has 0 saturated carbocycles. The van der Waals surface area contributed by atoms with Crippen LogP contribution in [0.2, 0.25) is 0 Å². The van der Waals surface area contributed by atoms with Gasteiger partial charge in [-0.1, -0.05) is 19.0 Å². The SMILES string of the molecule is CC(C)CCN(C)C(C)CC(N)=NO. The Balaban J connectivity index is 3.81. The molecule has 0 aliphatic carbocycles. The van der Waals surface area contributed by atoms with Gasteiger partial charge >= 0.3 is 0 Å². The second kappa shape index (κ2) is 6.65. The normalized spacial score (nSPS) is 15.1. The van der Waals surface area contributed by atoms with Gasteiger partial charge < -0.3 is 15.8 Å². The molecule has 0 aliphatic heterocycles. The molecule has 0 radical (unpaired) electrons. The second-order valence-electron chi connectivity index (χ2n) is 4.31. The predicted octanol–water partition coefficient (Wildman–Crippen LogP) is 1.49. The van der Waals surface area contributed by atoms with Crippen LogP contribution in [-0.4, -0.2) is 35.6 Å². The molecule has 84 valence electrons. The van der Waals surface area contributed by atoms with E-state index < -0.39 is 0 Å². The maximum atomic E-state index is 8.43. The molecule has 0 fully saturated rings. The van der Waals surface area contributed by atoms with Crippen LogP contribution in [0, 0.1) is 5.92 Å². The standard InChI is InChI=1S/C10H23N3O/c1-8(2)5-6-13(4)9(3)7-10(11)12-14/h8-9,14H,5-7H2,1-4H3,(H2,11,12). The summed E-state index contributed by atoms with van der Waals surface area (Å²) >= 11 is 0. The van der Waals surface area contributed by atoms with Gasteiger partial charge in [0, 0.05) is 12.5 Å². The van der Waals surface area contributed by atoms with E-state index >= 15 is 0 Å². The number of hydrogen-bond donors (Lipinski definition) is 2. The molecule has 1 unspecified atom stereocenters. The Morgan fingerprint density at radius 2 is 2.00 bits per heavy atom. The molecular weight excluding hydrogens is 178 g/mol. The first kappa shape index (κ1) is 13.2. The fourth-order valence-electron chi connectivity index (χ4n) is 1.18. The minimum absolute atomic E-state index is 0.300. The molecule has 3 N–H and O–H groups in total. The van der Waals surface area contributed by atoms with E-state index in [0.717, 1.165) is 6.54 Å². The molecular formula is C10H23N3O. The first-order valence-electron chi connectivity index (χ1n) is 5.14. The first-order chi connectivity index (χ1) is 6.47. The van der Waals surface area contributed by atoms with Gasteiger partial charge in [-0.25, -0.2) is 0 Å². The third-order valence-electron chi connectivity index (χ3n) is 2.44. The van der Waals surface area contributed by atoms with Crippen molar-refractivity contribution in [3.63, 3.8) is 0 Å². The molecule has 1 atom stereocenters. The lowest BCUT2D eigenvalue weighted by atomic mass is 10.1. The molecule has 4 nitrogen and oxygen atoms in total. The predicted molar refractivity (Wildman–Crippen MR) is 59.6 cm³/mol. The minimum atomic E-state index is 0.300. The minimum Gasteiger partial charge on any atom is -0.409 e. The van der Waals surface area contributed by atoms with Crippen molar-refractivity contribution < 1.29 is 5.21 Å². The Kier molecular flexibility index (Phi) is 6.28. The summed E-state index contributed by atoms with van der Waals surface area (Å²) < 4.78 is 0. The van der Waals surface area contributed by atoms with Gasteiger partial charge in [-0.15, -0.1) is 0 Å². The highest BCUT2D eigenvalue weighted by Crippen LogP contribution is 2.06. The van der Waals surface area contributed by atoms with E-state index in [0.29, 0.717) is 24.2 Å². The summed E-state index contributed by atoms with van der Waals surface area (Å²) in [5, 5.41) is 11.4. The van der Waals surface area contributed by atoms with Crippen molar-refractivity contribution in [3.8, 4) is 0 Å². The Morgan fingerprint density at radius 3 is 2.43 bits per heavy atom. The average molecular weight is 201 g/mol. The highest BCUT2D eigenvalue weighted by Gasteiger charge is 2.11. The summed E-state index contributed by atoms with van der Waals surface area (Å²) in [5.74, 6) is 1.02. The molecule has 0 heterocycles. The van der Waals surface area contributed by atoms with Gasteiger partial charge in [0.1, 0.15) is 5.84 Å². The lowest BCUT2D eigenvalue weighted by Crippen LogP contribution is -2.34. The average Bonchev–Trinajstić information content (AvgIpc) is 2.13. The summed E-state index contributed by atoms with van der Waals surface area (Å²) in [6.45, 7) is 7.56.